The van der Waals surface area contributed by atoms with E-state index in [4.69, 9.17) is 22.1 Å². The highest BCUT2D eigenvalue weighted by molar-refractivity contribution is 6.31. The molecule has 0 aliphatic carbocycles. The van der Waals surface area contributed by atoms with E-state index in [0.29, 0.717) is 16.3 Å². The molecule has 0 atom stereocenters. The molecule has 0 fully saturated rings. The van der Waals surface area contributed by atoms with Gasteiger partial charge in [0, 0.05) is 29.4 Å². The van der Waals surface area contributed by atoms with E-state index in [9.17, 15) is 9.59 Å². The second-order valence-electron chi connectivity index (χ2n) is 5.46. The van der Waals surface area contributed by atoms with Crippen molar-refractivity contribution in [2.45, 2.75) is 26.4 Å². The van der Waals surface area contributed by atoms with Gasteiger partial charge in [-0.25, -0.2) is 4.79 Å². The van der Waals surface area contributed by atoms with Crippen molar-refractivity contribution in [3.05, 3.63) is 28.8 Å². The van der Waals surface area contributed by atoms with E-state index in [-0.39, 0.29) is 19.0 Å². The van der Waals surface area contributed by atoms with E-state index in [2.05, 4.69) is 10.6 Å². The number of hydrogen-bond donors (Lipinski definition) is 3. The lowest BCUT2D eigenvalue weighted by Gasteiger charge is -2.19. The summed E-state index contributed by atoms with van der Waals surface area (Å²) in [5, 5.41) is 5.59. The zero-order chi connectivity index (χ0) is 16.0. The van der Waals surface area contributed by atoms with Crippen LogP contribution in [0.25, 0.3) is 0 Å². The first-order valence-electron chi connectivity index (χ1n) is 6.48. The maximum Gasteiger partial charge on any atom is 0.407 e. The molecular weight excluding hydrogens is 294 g/mol. The van der Waals surface area contributed by atoms with Gasteiger partial charge in [0.2, 0.25) is 0 Å². The Morgan fingerprint density at radius 2 is 1.81 bits per heavy atom. The Labute approximate surface area is 129 Å². The van der Waals surface area contributed by atoms with Crippen molar-refractivity contribution < 1.29 is 14.3 Å². The summed E-state index contributed by atoms with van der Waals surface area (Å²) in [6, 6.07) is 4.61. The number of carbonyl (C=O) groups is 2. The fourth-order valence-electron chi connectivity index (χ4n) is 1.50. The molecule has 0 saturated heterocycles. The minimum Gasteiger partial charge on any atom is -0.444 e. The number of amides is 2. The number of carbonyl (C=O) groups excluding carboxylic acids is 2. The zero-order valence-corrected chi connectivity index (χ0v) is 13.1. The zero-order valence-electron chi connectivity index (χ0n) is 12.3. The van der Waals surface area contributed by atoms with Crippen molar-refractivity contribution in [1.29, 1.82) is 0 Å². The van der Waals surface area contributed by atoms with Crippen molar-refractivity contribution in [3.8, 4) is 0 Å². The highest BCUT2D eigenvalue weighted by atomic mass is 35.5. The predicted molar refractivity (Wildman–Crippen MR) is 82.4 cm³/mol. The summed E-state index contributed by atoms with van der Waals surface area (Å²) in [7, 11) is 0. The van der Waals surface area contributed by atoms with Crippen LogP contribution in [0.5, 0.6) is 0 Å². The molecule has 0 unspecified atom stereocenters. The molecule has 116 valence electrons. The van der Waals surface area contributed by atoms with E-state index >= 15 is 0 Å². The van der Waals surface area contributed by atoms with Crippen molar-refractivity contribution in [3.63, 3.8) is 0 Å². The Hall–Kier alpha value is -1.95. The summed E-state index contributed by atoms with van der Waals surface area (Å²) >= 11 is 5.83. The topological polar surface area (TPSA) is 93.5 Å². The summed E-state index contributed by atoms with van der Waals surface area (Å²) in [6.45, 7) is 5.86. The van der Waals surface area contributed by atoms with Crippen molar-refractivity contribution in [1.82, 2.24) is 10.6 Å². The molecule has 2 amide bonds. The van der Waals surface area contributed by atoms with Crippen LogP contribution in [0.1, 0.15) is 31.1 Å². The van der Waals surface area contributed by atoms with E-state index in [0.717, 1.165) is 0 Å². The number of nitrogen functional groups attached to an aromatic ring is 1. The van der Waals surface area contributed by atoms with Gasteiger partial charge in [0.1, 0.15) is 5.60 Å². The van der Waals surface area contributed by atoms with Crippen LogP contribution >= 0.6 is 11.6 Å². The number of anilines is 1. The molecule has 1 rings (SSSR count). The third-order valence-electron chi connectivity index (χ3n) is 2.26. The quantitative estimate of drug-likeness (QED) is 0.586. The predicted octanol–water partition coefficient (Wildman–Crippen LogP) is 2.18. The number of benzene rings is 1. The Kier molecular flexibility index (Phi) is 5.84. The average molecular weight is 314 g/mol. The van der Waals surface area contributed by atoms with Gasteiger partial charge in [-0.05, 0) is 39.0 Å². The van der Waals surface area contributed by atoms with Crippen LogP contribution in [-0.4, -0.2) is 30.7 Å². The third-order valence-corrected chi connectivity index (χ3v) is 2.48. The molecule has 0 saturated carbocycles. The van der Waals surface area contributed by atoms with Gasteiger partial charge in [0.25, 0.3) is 5.91 Å². The first-order valence-corrected chi connectivity index (χ1v) is 6.86. The molecule has 4 N–H and O–H groups in total. The molecule has 0 aromatic heterocycles. The van der Waals surface area contributed by atoms with Crippen LogP contribution in [0.4, 0.5) is 10.5 Å². The molecule has 0 heterocycles. The van der Waals surface area contributed by atoms with Crippen LogP contribution in [0.15, 0.2) is 18.2 Å². The highest BCUT2D eigenvalue weighted by Gasteiger charge is 2.15. The van der Waals surface area contributed by atoms with Gasteiger partial charge in [-0.3, -0.25) is 4.79 Å². The normalized spacial score (nSPS) is 10.9. The highest BCUT2D eigenvalue weighted by Crippen LogP contribution is 2.16. The Morgan fingerprint density at radius 3 is 2.38 bits per heavy atom. The van der Waals surface area contributed by atoms with Crippen LogP contribution in [0, 0.1) is 0 Å². The van der Waals surface area contributed by atoms with Crippen molar-refractivity contribution in [2.24, 2.45) is 0 Å². The number of nitrogens with one attached hydrogen (secondary N) is 2. The Balaban J connectivity index is 2.36. The summed E-state index contributed by atoms with van der Waals surface area (Å²) in [5.41, 5.74) is 5.85. The summed E-state index contributed by atoms with van der Waals surface area (Å²) in [5.74, 6) is -0.310. The summed E-state index contributed by atoms with van der Waals surface area (Å²) in [6.07, 6.45) is -0.524. The van der Waals surface area contributed by atoms with E-state index < -0.39 is 11.7 Å². The first kappa shape index (κ1) is 17.1. The monoisotopic (exact) mass is 313 g/mol. The summed E-state index contributed by atoms with van der Waals surface area (Å²) < 4.78 is 5.06. The minimum atomic E-state index is -0.550. The average Bonchev–Trinajstić information content (AvgIpc) is 2.31. The van der Waals surface area contributed by atoms with Gasteiger partial charge in [-0.1, -0.05) is 11.6 Å². The second-order valence-corrected chi connectivity index (χ2v) is 5.89. The number of halogens is 1. The van der Waals surface area contributed by atoms with Crippen LogP contribution < -0.4 is 16.4 Å². The van der Waals surface area contributed by atoms with Gasteiger partial charge in [-0.15, -0.1) is 0 Å². The molecule has 1 aromatic carbocycles. The minimum absolute atomic E-state index is 0.261. The number of alkyl carbamates (subject to hydrolysis) is 1. The first-order chi connectivity index (χ1) is 9.67. The van der Waals surface area contributed by atoms with E-state index in [1.807, 2.05) is 0 Å². The maximum absolute atomic E-state index is 11.9. The molecule has 1 aromatic rings. The number of ether oxygens (including phenoxy) is 1. The van der Waals surface area contributed by atoms with Crippen molar-refractivity contribution >= 4 is 29.3 Å². The van der Waals surface area contributed by atoms with Gasteiger partial charge in [-0.2, -0.15) is 0 Å². The largest absolute Gasteiger partial charge is 0.444 e. The standard InChI is InChI=1S/C14H20ClN3O3/c1-14(2,3)21-13(20)18-5-4-17-12(19)9-6-10(15)8-11(16)7-9/h6-8H,4-5,16H2,1-3H3,(H,17,19)(H,18,20). The fraction of sp³-hybridized carbons (Fsp3) is 0.429. The van der Waals surface area contributed by atoms with Crippen LogP contribution in [0.2, 0.25) is 5.02 Å². The van der Waals surface area contributed by atoms with Gasteiger partial charge in [0.05, 0.1) is 0 Å². The molecule has 0 radical (unpaired) electrons. The number of rotatable bonds is 4. The third kappa shape index (κ3) is 6.85. The van der Waals surface area contributed by atoms with Crippen molar-refractivity contribution in [2.75, 3.05) is 18.8 Å². The molecular formula is C14H20ClN3O3. The molecule has 7 heteroatoms. The Morgan fingerprint density at radius 1 is 1.19 bits per heavy atom. The smallest absolute Gasteiger partial charge is 0.407 e. The van der Waals surface area contributed by atoms with Gasteiger partial charge >= 0.3 is 6.09 Å². The number of hydrogen-bond acceptors (Lipinski definition) is 4. The second kappa shape index (κ2) is 7.17. The molecule has 0 aliphatic rings. The lowest BCUT2D eigenvalue weighted by molar-refractivity contribution is 0.0526. The van der Waals surface area contributed by atoms with Gasteiger partial charge in [0.15, 0.2) is 0 Å². The maximum atomic E-state index is 11.9. The molecule has 6 nitrogen and oxygen atoms in total. The van der Waals surface area contributed by atoms with E-state index in [1.54, 1.807) is 26.8 Å². The molecule has 0 bridgehead atoms. The van der Waals surface area contributed by atoms with Gasteiger partial charge < -0.3 is 21.1 Å². The molecule has 0 spiro atoms. The lowest BCUT2D eigenvalue weighted by atomic mass is 10.2. The Bertz CT molecular complexity index is 506. The van der Waals surface area contributed by atoms with Crippen LogP contribution in [0.3, 0.4) is 0 Å². The van der Waals surface area contributed by atoms with E-state index in [1.165, 1.54) is 12.1 Å². The number of nitrogens with two attached hydrogens (primary N) is 1. The lowest BCUT2D eigenvalue weighted by Crippen LogP contribution is -2.37. The molecule has 0 aliphatic heterocycles. The van der Waals surface area contributed by atoms with Crippen LogP contribution in [-0.2, 0) is 4.74 Å². The SMILES string of the molecule is CC(C)(C)OC(=O)NCCNC(=O)c1cc(N)cc(Cl)c1. The fourth-order valence-corrected chi connectivity index (χ4v) is 1.74. The molecule has 21 heavy (non-hydrogen) atoms. The summed E-state index contributed by atoms with van der Waals surface area (Å²) in [4.78, 5) is 23.2.